The molecule has 8 rings (SSSR count). The molecule has 3 atom stereocenters. The van der Waals surface area contributed by atoms with Crippen LogP contribution < -0.4 is 5.32 Å². The fourth-order valence-electron chi connectivity index (χ4n) is 6.35. The summed E-state index contributed by atoms with van der Waals surface area (Å²) >= 11 is 0. The first-order valence-corrected chi connectivity index (χ1v) is 10.9. The topological polar surface area (TPSA) is 106 Å². The minimum atomic E-state index is -1.56. The predicted octanol–water partition coefficient (Wildman–Crippen LogP) is 3.14. The molecule has 0 radical (unpaired) electrons. The Bertz CT molecular complexity index is 1740. The Morgan fingerprint density at radius 1 is 0.848 bits per heavy atom. The normalized spacial score (nSPS) is 23.5. The number of ether oxygens (including phenoxy) is 1. The molecule has 8 heteroatoms. The van der Waals surface area contributed by atoms with E-state index in [0.717, 1.165) is 38.2 Å². The second-order valence-corrected chi connectivity index (χ2v) is 9.05. The van der Waals surface area contributed by atoms with Crippen LogP contribution >= 0.6 is 0 Å². The van der Waals surface area contributed by atoms with E-state index in [4.69, 9.17) is 4.74 Å². The summed E-state index contributed by atoms with van der Waals surface area (Å²) in [5.41, 5.74) is 4.10. The van der Waals surface area contributed by atoms with Gasteiger partial charge in [-0.15, -0.1) is 0 Å². The lowest BCUT2D eigenvalue weighted by Crippen LogP contribution is -2.26. The molecule has 3 aliphatic rings. The number of nitrogens with zero attached hydrogens (tertiary/aromatic N) is 2. The first kappa shape index (κ1) is 17.8. The molecule has 0 aliphatic carbocycles. The van der Waals surface area contributed by atoms with Gasteiger partial charge in [-0.2, -0.15) is 0 Å². The second kappa shape index (κ2) is 5.60. The number of nitrogens with one attached hydrogen (secondary N) is 1. The molecule has 2 aromatic heterocycles. The second-order valence-electron chi connectivity index (χ2n) is 9.05. The van der Waals surface area contributed by atoms with Crippen molar-refractivity contribution in [2.24, 2.45) is 5.92 Å². The van der Waals surface area contributed by atoms with Crippen molar-refractivity contribution < 1.29 is 24.5 Å². The van der Waals surface area contributed by atoms with Crippen LogP contribution in [0.3, 0.4) is 0 Å². The molecule has 5 heterocycles. The molecule has 2 amide bonds. The van der Waals surface area contributed by atoms with Gasteiger partial charge < -0.3 is 24.1 Å². The van der Waals surface area contributed by atoms with Crippen LogP contribution in [0.15, 0.2) is 48.5 Å². The molecule has 0 saturated carbocycles. The molecule has 0 unspecified atom stereocenters. The van der Waals surface area contributed by atoms with Gasteiger partial charge in [-0.05, 0) is 12.1 Å². The van der Waals surface area contributed by atoms with Gasteiger partial charge in [0.05, 0.1) is 39.1 Å². The van der Waals surface area contributed by atoms with E-state index in [9.17, 15) is 19.8 Å². The number of aliphatic hydroxyl groups is 2. The molecule has 5 aromatic rings. The summed E-state index contributed by atoms with van der Waals surface area (Å²) in [5.74, 6) is -1.36. The number of benzene rings is 3. The van der Waals surface area contributed by atoms with E-state index in [1.54, 1.807) is 0 Å². The SMILES string of the molecule is O=C1NC(=O)c2c1c1c3ccccc3n3c1c1c2c2ccccc2n1[C@@H]1O[C@H]3C[C@H]1C(O)O. The van der Waals surface area contributed by atoms with Crippen molar-refractivity contribution in [2.75, 3.05) is 0 Å². The molecule has 1 fully saturated rings. The molecule has 1 saturated heterocycles. The third-order valence-electron chi connectivity index (χ3n) is 7.54. The maximum absolute atomic E-state index is 13.1. The van der Waals surface area contributed by atoms with Crippen molar-refractivity contribution in [3.63, 3.8) is 0 Å². The Morgan fingerprint density at radius 2 is 1.39 bits per heavy atom. The quantitative estimate of drug-likeness (QED) is 0.275. The molecule has 33 heavy (non-hydrogen) atoms. The Hall–Kier alpha value is -3.72. The molecular weight excluding hydrogens is 422 g/mol. The molecule has 3 aromatic carbocycles. The zero-order chi connectivity index (χ0) is 22.2. The van der Waals surface area contributed by atoms with Crippen LogP contribution in [-0.2, 0) is 4.74 Å². The van der Waals surface area contributed by atoms with Crippen LogP contribution in [0.1, 0.15) is 39.6 Å². The van der Waals surface area contributed by atoms with Gasteiger partial charge in [0, 0.05) is 28.0 Å². The van der Waals surface area contributed by atoms with Gasteiger partial charge in [0.15, 0.2) is 6.29 Å². The molecule has 162 valence electrons. The van der Waals surface area contributed by atoms with Gasteiger partial charge in [-0.1, -0.05) is 36.4 Å². The fraction of sp³-hybridized carbons (Fsp3) is 0.200. The lowest BCUT2D eigenvalue weighted by Gasteiger charge is -2.23. The Balaban J connectivity index is 1.75. The van der Waals surface area contributed by atoms with Crippen molar-refractivity contribution in [3.8, 4) is 0 Å². The number of fused-ring (bicyclic) bond motifs is 13. The van der Waals surface area contributed by atoms with Gasteiger partial charge in [0.25, 0.3) is 11.8 Å². The van der Waals surface area contributed by atoms with E-state index in [2.05, 4.69) is 9.88 Å². The number of amides is 2. The third kappa shape index (κ3) is 1.87. The van der Waals surface area contributed by atoms with Gasteiger partial charge >= 0.3 is 0 Å². The van der Waals surface area contributed by atoms with Crippen molar-refractivity contribution in [2.45, 2.75) is 25.2 Å². The van der Waals surface area contributed by atoms with E-state index in [-0.39, 0.29) is 0 Å². The van der Waals surface area contributed by atoms with Gasteiger partial charge in [0.1, 0.15) is 12.5 Å². The average molecular weight is 439 g/mol. The number of aliphatic hydroxyl groups excluding tert-OH is 1. The number of imide groups is 1. The zero-order valence-corrected chi connectivity index (χ0v) is 17.1. The summed E-state index contributed by atoms with van der Waals surface area (Å²) in [6, 6.07) is 15.5. The van der Waals surface area contributed by atoms with E-state index >= 15 is 0 Å². The van der Waals surface area contributed by atoms with E-state index < -0.39 is 36.5 Å². The predicted molar refractivity (Wildman–Crippen MR) is 120 cm³/mol. The largest absolute Gasteiger partial charge is 0.368 e. The number of hydrogen-bond donors (Lipinski definition) is 3. The Morgan fingerprint density at radius 3 is 2.00 bits per heavy atom. The number of carbonyl (C=O) groups is 2. The van der Waals surface area contributed by atoms with Crippen molar-refractivity contribution in [1.82, 2.24) is 14.5 Å². The highest BCUT2D eigenvalue weighted by atomic mass is 16.5. The number of carbonyl (C=O) groups excluding carboxylic acids is 2. The number of aromatic nitrogens is 2. The summed E-state index contributed by atoms with van der Waals surface area (Å²) in [7, 11) is 0. The number of para-hydroxylation sites is 2. The maximum atomic E-state index is 13.1. The van der Waals surface area contributed by atoms with Gasteiger partial charge in [0.2, 0.25) is 0 Å². The number of rotatable bonds is 1. The molecule has 3 N–H and O–H groups in total. The Kier molecular flexibility index (Phi) is 3.02. The number of hydrogen-bond acceptors (Lipinski definition) is 5. The van der Waals surface area contributed by atoms with Crippen molar-refractivity contribution >= 4 is 55.4 Å². The standard InChI is InChI=1S/C25H17N3O5/c29-22-18-16-10-5-1-3-7-13(10)27-15-9-12(25(31)32)24(33-15)28-14-8-4-2-6-11(14)17(21(28)20(16)27)19(18)23(30)26-22/h1-8,12,15,24-25,31-32H,9H2,(H,26,29,30)/t12-,15+,24-/m1/s1. The summed E-state index contributed by atoms with van der Waals surface area (Å²) < 4.78 is 10.6. The molecule has 8 nitrogen and oxygen atoms in total. The molecule has 0 spiro atoms. The smallest absolute Gasteiger partial charge is 0.259 e. The first-order valence-electron chi connectivity index (χ1n) is 10.9. The minimum Gasteiger partial charge on any atom is -0.368 e. The van der Waals surface area contributed by atoms with E-state index in [1.165, 1.54) is 0 Å². The zero-order valence-electron chi connectivity index (χ0n) is 17.1. The van der Waals surface area contributed by atoms with Crippen LogP contribution in [0.5, 0.6) is 0 Å². The third-order valence-corrected chi connectivity index (χ3v) is 7.54. The van der Waals surface area contributed by atoms with E-state index in [0.29, 0.717) is 22.9 Å². The minimum absolute atomic E-state index is 0.374. The fourth-order valence-corrected chi connectivity index (χ4v) is 6.35. The maximum Gasteiger partial charge on any atom is 0.259 e. The van der Waals surface area contributed by atoms with Crippen LogP contribution in [0.4, 0.5) is 0 Å². The highest BCUT2D eigenvalue weighted by molar-refractivity contribution is 6.39. The van der Waals surface area contributed by atoms with Gasteiger partial charge in [-0.3, -0.25) is 14.9 Å². The highest BCUT2D eigenvalue weighted by Crippen LogP contribution is 2.54. The van der Waals surface area contributed by atoms with Crippen LogP contribution in [0.25, 0.3) is 43.6 Å². The average Bonchev–Trinajstić information content (AvgIpc) is 3.50. The van der Waals surface area contributed by atoms with Crippen LogP contribution in [-0.4, -0.2) is 37.5 Å². The molecule has 2 bridgehead atoms. The lowest BCUT2D eigenvalue weighted by atomic mass is 9.96. The van der Waals surface area contributed by atoms with E-state index in [1.807, 2.05) is 53.1 Å². The monoisotopic (exact) mass is 439 g/mol. The lowest BCUT2D eigenvalue weighted by molar-refractivity contribution is -0.120. The molecule has 3 aliphatic heterocycles. The first-order chi connectivity index (χ1) is 16.1. The van der Waals surface area contributed by atoms with Crippen LogP contribution in [0, 0.1) is 5.92 Å². The Labute approximate surface area is 185 Å². The molecular formula is C25H17N3O5. The van der Waals surface area contributed by atoms with Crippen LogP contribution in [0.2, 0.25) is 0 Å². The summed E-state index contributed by atoms with van der Waals surface area (Å²) in [6.45, 7) is 0. The van der Waals surface area contributed by atoms with Crippen molar-refractivity contribution in [3.05, 3.63) is 59.7 Å². The van der Waals surface area contributed by atoms with Gasteiger partial charge in [-0.25, -0.2) is 0 Å². The van der Waals surface area contributed by atoms with Crippen molar-refractivity contribution in [1.29, 1.82) is 0 Å². The summed E-state index contributed by atoms with van der Waals surface area (Å²) in [5, 5.41) is 26.1. The highest BCUT2D eigenvalue weighted by Gasteiger charge is 2.47. The summed E-state index contributed by atoms with van der Waals surface area (Å²) in [4.78, 5) is 26.2. The summed E-state index contributed by atoms with van der Waals surface area (Å²) in [6.07, 6.45) is -2.22.